The second-order valence-corrected chi connectivity index (χ2v) is 4.93. The van der Waals surface area contributed by atoms with Gasteiger partial charge in [-0.15, -0.1) is 0 Å². The van der Waals surface area contributed by atoms with Crippen molar-refractivity contribution in [2.75, 3.05) is 20.3 Å². The van der Waals surface area contributed by atoms with Crippen LogP contribution in [0.15, 0.2) is 24.3 Å². The van der Waals surface area contributed by atoms with Gasteiger partial charge in [0, 0.05) is 19.3 Å². The summed E-state index contributed by atoms with van der Waals surface area (Å²) in [5.74, 6) is 0.423. The van der Waals surface area contributed by atoms with E-state index in [1.165, 1.54) is 12.1 Å². The molecule has 5 heteroatoms. The van der Waals surface area contributed by atoms with Crippen LogP contribution in [0.25, 0.3) is 0 Å². The van der Waals surface area contributed by atoms with Crippen LogP contribution in [-0.2, 0) is 10.9 Å². The van der Waals surface area contributed by atoms with Crippen LogP contribution in [0.2, 0.25) is 0 Å². The number of hydrogen-bond acceptors (Lipinski definition) is 2. The molecule has 0 spiro atoms. The van der Waals surface area contributed by atoms with Crippen LogP contribution in [-0.4, -0.2) is 20.3 Å². The Morgan fingerprint density at radius 1 is 1.42 bits per heavy atom. The normalized spacial score (nSPS) is 21.6. The summed E-state index contributed by atoms with van der Waals surface area (Å²) >= 11 is 0. The van der Waals surface area contributed by atoms with Gasteiger partial charge >= 0.3 is 6.18 Å². The molecule has 1 fully saturated rings. The number of hydrogen-bond donors (Lipinski definition) is 1. The van der Waals surface area contributed by atoms with Crippen molar-refractivity contribution in [3.8, 4) is 0 Å². The van der Waals surface area contributed by atoms with Gasteiger partial charge in [-0.05, 0) is 43.5 Å². The molecule has 0 radical (unpaired) electrons. The smallest absolute Gasteiger partial charge is 0.381 e. The van der Waals surface area contributed by atoms with Gasteiger partial charge in [0.1, 0.15) is 0 Å². The van der Waals surface area contributed by atoms with E-state index in [9.17, 15) is 13.2 Å². The molecule has 2 rings (SSSR count). The molecule has 0 bridgehead atoms. The van der Waals surface area contributed by atoms with E-state index in [-0.39, 0.29) is 6.04 Å². The maximum atomic E-state index is 12.7. The van der Waals surface area contributed by atoms with Gasteiger partial charge in [0.2, 0.25) is 0 Å². The summed E-state index contributed by atoms with van der Waals surface area (Å²) in [7, 11) is 1.78. The highest BCUT2D eigenvalue weighted by Gasteiger charge is 2.31. The topological polar surface area (TPSA) is 21.3 Å². The Bertz CT molecular complexity index is 413. The van der Waals surface area contributed by atoms with Crippen molar-refractivity contribution < 1.29 is 17.9 Å². The Balaban J connectivity index is 2.13. The molecule has 1 N–H and O–H groups in total. The van der Waals surface area contributed by atoms with Gasteiger partial charge in [0.15, 0.2) is 0 Å². The van der Waals surface area contributed by atoms with Crippen LogP contribution in [0, 0.1) is 5.92 Å². The number of nitrogens with one attached hydrogen (secondary N) is 1. The molecule has 19 heavy (non-hydrogen) atoms. The standard InChI is InChI=1S/C14H18F3NO/c1-18-13(7-10-5-6-19-9-10)11-3-2-4-12(8-11)14(15,16)17/h2-4,8,10,13,18H,5-7,9H2,1H3. The van der Waals surface area contributed by atoms with Crippen molar-refractivity contribution in [1.82, 2.24) is 5.32 Å². The average molecular weight is 273 g/mol. The Labute approximate surface area is 111 Å². The highest BCUT2D eigenvalue weighted by atomic mass is 19.4. The number of ether oxygens (including phenoxy) is 1. The lowest BCUT2D eigenvalue weighted by Gasteiger charge is -2.20. The molecule has 2 nitrogen and oxygen atoms in total. The van der Waals surface area contributed by atoms with Crippen LogP contribution in [0.3, 0.4) is 0 Å². The van der Waals surface area contributed by atoms with Gasteiger partial charge in [0.05, 0.1) is 5.56 Å². The number of alkyl halides is 3. The lowest BCUT2D eigenvalue weighted by Crippen LogP contribution is -2.20. The van der Waals surface area contributed by atoms with E-state index in [0.29, 0.717) is 18.1 Å². The first-order chi connectivity index (χ1) is 9.00. The fraction of sp³-hybridized carbons (Fsp3) is 0.571. The van der Waals surface area contributed by atoms with Gasteiger partial charge in [-0.3, -0.25) is 0 Å². The first kappa shape index (κ1) is 14.3. The highest BCUT2D eigenvalue weighted by Crippen LogP contribution is 2.32. The Morgan fingerprint density at radius 3 is 2.79 bits per heavy atom. The van der Waals surface area contributed by atoms with E-state index >= 15 is 0 Å². The molecule has 1 aliphatic rings. The maximum absolute atomic E-state index is 12.7. The quantitative estimate of drug-likeness (QED) is 0.908. The lowest BCUT2D eigenvalue weighted by molar-refractivity contribution is -0.137. The van der Waals surface area contributed by atoms with Crippen molar-refractivity contribution >= 4 is 0 Å². The van der Waals surface area contributed by atoms with Crippen LogP contribution in [0.1, 0.15) is 30.0 Å². The molecule has 0 aromatic heterocycles. The number of benzene rings is 1. The van der Waals surface area contributed by atoms with Gasteiger partial charge in [-0.1, -0.05) is 12.1 Å². The molecule has 2 unspecified atom stereocenters. The van der Waals surface area contributed by atoms with Crippen molar-refractivity contribution in [1.29, 1.82) is 0 Å². The van der Waals surface area contributed by atoms with E-state index < -0.39 is 11.7 Å². The summed E-state index contributed by atoms with van der Waals surface area (Å²) in [5, 5.41) is 3.10. The van der Waals surface area contributed by atoms with Crippen molar-refractivity contribution in [2.24, 2.45) is 5.92 Å². The molecule has 1 aliphatic heterocycles. The fourth-order valence-electron chi connectivity index (χ4n) is 2.45. The van der Waals surface area contributed by atoms with E-state index in [2.05, 4.69) is 5.32 Å². The molecule has 0 saturated carbocycles. The zero-order valence-corrected chi connectivity index (χ0v) is 10.8. The summed E-state index contributed by atoms with van der Waals surface area (Å²) in [5.41, 5.74) is 0.0946. The Hall–Kier alpha value is -1.07. The van der Waals surface area contributed by atoms with Crippen LogP contribution in [0.4, 0.5) is 13.2 Å². The molecule has 1 aromatic rings. The fourth-order valence-corrected chi connectivity index (χ4v) is 2.45. The van der Waals surface area contributed by atoms with Crippen LogP contribution in [0.5, 0.6) is 0 Å². The van der Waals surface area contributed by atoms with Crippen molar-refractivity contribution in [2.45, 2.75) is 25.1 Å². The highest BCUT2D eigenvalue weighted by molar-refractivity contribution is 5.28. The first-order valence-electron chi connectivity index (χ1n) is 6.43. The molecule has 1 saturated heterocycles. The zero-order valence-electron chi connectivity index (χ0n) is 10.8. The molecule has 2 atom stereocenters. The second kappa shape index (κ2) is 5.92. The summed E-state index contributed by atoms with van der Waals surface area (Å²) in [4.78, 5) is 0. The van der Waals surface area contributed by atoms with Gasteiger partial charge in [-0.25, -0.2) is 0 Å². The van der Waals surface area contributed by atoms with E-state index in [1.807, 2.05) is 0 Å². The maximum Gasteiger partial charge on any atom is 0.416 e. The minimum atomic E-state index is -4.29. The minimum absolute atomic E-state index is 0.0611. The van der Waals surface area contributed by atoms with Crippen molar-refractivity contribution in [3.63, 3.8) is 0 Å². The SMILES string of the molecule is CNC(CC1CCOC1)c1cccc(C(F)(F)F)c1. The minimum Gasteiger partial charge on any atom is -0.381 e. The largest absolute Gasteiger partial charge is 0.416 e. The third kappa shape index (κ3) is 3.70. The van der Waals surface area contributed by atoms with Crippen molar-refractivity contribution in [3.05, 3.63) is 35.4 Å². The molecule has 1 heterocycles. The average Bonchev–Trinajstić information content (AvgIpc) is 2.88. The van der Waals surface area contributed by atoms with E-state index in [1.54, 1.807) is 13.1 Å². The van der Waals surface area contributed by atoms with E-state index in [0.717, 1.165) is 25.5 Å². The summed E-state index contributed by atoms with van der Waals surface area (Å²) in [6.07, 6.45) is -2.50. The van der Waals surface area contributed by atoms with Gasteiger partial charge < -0.3 is 10.1 Å². The lowest BCUT2D eigenvalue weighted by atomic mass is 9.93. The van der Waals surface area contributed by atoms with Crippen LogP contribution < -0.4 is 5.32 Å². The Morgan fingerprint density at radius 2 is 2.21 bits per heavy atom. The summed E-state index contributed by atoms with van der Waals surface area (Å²) < 4.78 is 43.4. The molecule has 0 amide bonds. The molecule has 106 valence electrons. The Kier molecular flexibility index (Phi) is 4.47. The number of rotatable bonds is 4. The summed E-state index contributed by atoms with van der Waals surface area (Å²) in [6.45, 7) is 1.46. The third-order valence-electron chi connectivity index (χ3n) is 3.56. The van der Waals surface area contributed by atoms with Crippen LogP contribution >= 0.6 is 0 Å². The second-order valence-electron chi connectivity index (χ2n) is 4.93. The summed E-state index contributed by atoms with van der Waals surface area (Å²) in [6, 6.07) is 5.49. The molecular formula is C14H18F3NO. The van der Waals surface area contributed by atoms with Gasteiger partial charge in [-0.2, -0.15) is 13.2 Å². The van der Waals surface area contributed by atoms with Gasteiger partial charge in [0.25, 0.3) is 0 Å². The first-order valence-corrected chi connectivity index (χ1v) is 6.43. The van der Waals surface area contributed by atoms with E-state index in [4.69, 9.17) is 4.74 Å². The zero-order chi connectivity index (χ0) is 13.9. The molecular weight excluding hydrogens is 255 g/mol. The molecule has 1 aromatic carbocycles. The monoisotopic (exact) mass is 273 g/mol. The molecule has 0 aliphatic carbocycles. The third-order valence-corrected chi connectivity index (χ3v) is 3.56. The number of halogens is 3. The predicted octanol–water partition coefficient (Wildman–Crippen LogP) is 3.39. The predicted molar refractivity (Wildman–Crippen MR) is 66.8 cm³/mol.